The maximum atomic E-state index is 13.0. The molecule has 1 amide bonds. The van der Waals surface area contributed by atoms with Crippen molar-refractivity contribution >= 4 is 22.5 Å². The molecule has 1 aromatic heterocycles. The lowest BCUT2D eigenvalue weighted by Crippen LogP contribution is -2.16. The Balaban J connectivity index is 2.06. The van der Waals surface area contributed by atoms with E-state index in [-0.39, 0.29) is 5.91 Å². The fourth-order valence-corrected chi connectivity index (χ4v) is 3.08. The third-order valence-corrected chi connectivity index (χ3v) is 4.33. The van der Waals surface area contributed by atoms with E-state index in [1.54, 1.807) is 0 Å². The highest BCUT2D eigenvalue weighted by molar-refractivity contribution is 6.12. The summed E-state index contributed by atoms with van der Waals surface area (Å²) in [5, 5.41) is 4.03. The first-order chi connectivity index (χ1) is 11.6. The zero-order valence-electron chi connectivity index (χ0n) is 14.4. The van der Waals surface area contributed by atoms with Gasteiger partial charge in [0.25, 0.3) is 5.91 Å². The minimum atomic E-state index is -0.0766. The van der Waals surface area contributed by atoms with Crippen molar-refractivity contribution in [2.45, 2.75) is 33.6 Å². The minimum Gasteiger partial charge on any atom is -0.321 e. The summed E-state index contributed by atoms with van der Waals surface area (Å²) in [4.78, 5) is 17.5. The van der Waals surface area contributed by atoms with Crippen LogP contribution in [0.1, 0.15) is 41.0 Å². The molecule has 0 aliphatic carbocycles. The zero-order chi connectivity index (χ0) is 17.1. The Morgan fingerprint density at radius 3 is 2.33 bits per heavy atom. The lowest BCUT2D eigenvalue weighted by Gasteiger charge is -2.15. The Labute approximate surface area is 142 Å². The summed E-state index contributed by atoms with van der Waals surface area (Å²) < 4.78 is 0. The van der Waals surface area contributed by atoms with Gasteiger partial charge < -0.3 is 5.32 Å². The molecule has 0 fully saturated rings. The van der Waals surface area contributed by atoms with E-state index in [1.807, 2.05) is 37.3 Å². The van der Waals surface area contributed by atoms with Gasteiger partial charge in [-0.2, -0.15) is 0 Å². The van der Waals surface area contributed by atoms with E-state index in [1.165, 1.54) is 0 Å². The van der Waals surface area contributed by atoms with Gasteiger partial charge in [0.2, 0.25) is 0 Å². The van der Waals surface area contributed by atoms with Gasteiger partial charge in [-0.1, -0.05) is 50.2 Å². The van der Waals surface area contributed by atoms with Crippen molar-refractivity contribution in [2.75, 3.05) is 5.32 Å². The van der Waals surface area contributed by atoms with Gasteiger partial charge in [0.15, 0.2) is 0 Å². The van der Waals surface area contributed by atoms with E-state index in [9.17, 15) is 4.79 Å². The molecule has 2 aromatic carbocycles. The number of anilines is 1. The highest BCUT2D eigenvalue weighted by Crippen LogP contribution is 2.25. The lowest BCUT2D eigenvalue weighted by atomic mass is 10.0. The standard InChI is InChI=1S/C21H22N2O/c1-4-15-9-8-10-16(5-2)20(15)23-21(24)18-13-14(3)22-19-12-7-6-11-17(18)19/h6-13H,4-5H2,1-3H3,(H,23,24). The van der Waals surface area contributed by atoms with Crippen molar-refractivity contribution in [3.8, 4) is 0 Å². The van der Waals surface area contributed by atoms with Crippen LogP contribution in [-0.2, 0) is 12.8 Å². The van der Waals surface area contributed by atoms with Gasteiger partial charge in [-0.25, -0.2) is 0 Å². The Kier molecular flexibility index (Phi) is 4.61. The van der Waals surface area contributed by atoms with Crippen LogP contribution in [0.3, 0.4) is 0 Å². The molecule has 3 nitrogen and oxygen atoms in total. The molecule has 0 radical (unpaired) electrons. The second kappa shape index (κ2) is 6.83. The van der Waals surface area contributed by atoms with E-state index in [2.05, 4.69) is 42.3 Å². The van der Waals surface area contributed by atoms with Gasteiger partial charge in [-0.3, -0.25) is 9.78 Å². The van der Waals surface area contributed by atoms with Crippen molar-refractivity contribution in [3.63, 3.8) is 0 Å². The van der Waals surface area contributed by atoms with E-state index in [0.29, 0.717) is 5.56 Å². The Morgan fingerprint density at radius 2 is 1.67 bits per heavy atom. The van der Waals surface area contributed by atoms with Crippen LogP contribution in [0, 0.1) is 6.92 Å². The van der Waals surface area contributed by atoms with Crippen molar-refractivity contribution in [1.82, 2.24) is 4.98 Å². The number of nitrogens with one attached hydrogen (secondary N) is 1. The number of pyridine rings is 1. The van der Waals surface area contributed by atoms with Gasteiger partial charge >= 0.3 is 0 Å². The molecule has 122 valence electrons. The number of hydrogen-bond acceptors (Lipinski definition) is 2. The molecule has 3 heteroatoms. The van der Waals surface area contributed by atoms with E-state index in [0.717, 1.165) is 46.3 Å². The summed E-state index contributed by atoms with van der Waals surface area (Å²) in [6.07, 6.45) is 1.78. The number of aryl methyl sites for hydroxylation is 3. The molecular formula is C21H22N2O. The van der Waals surface area contributed by atoms with Crippen molar-refractivity contribution in [2.24, 2.45) is 0 Å². The minimum absolute atomic E-state index is 0.0766. The summed E-state index contributed by atoms with van der Waals surface area (Å²) in [7, 11) is 0. The van der Waals surface area contributed by atoms with Crippen LogP contribution in [-0.4, -0.2) is 10.9 Å². The molecule has 0 aliphatic heterocycles. The van der Waals surface area contributed by atoms with E-state index >= 15 is 0 Å². The molecule has 0 saturated heterocycles. The first-order valence-corrected chi connectivity index (χ1v) is 8.42. The Morgan fingerprint density at radius 1 is 1.00 bits per heavy atom. The summed E-state index contributed by atoms with van der Waals surface area (Å²) in [6.45, 7) is 6.13. The fourth-order valence-electron chi connectivity index (χ4n) is 3.08. The average Bonchev–Trinajstić information content (AvgIpc) is 2.61. The number of amides is 1. The molecule has 24 heavy (non-hydrogen) atoms. The zero-order valence-corrected chi connectivity index (χ0v) is 14.4. The molecule has 0 atom stereocenters. The predicted molar refractivity (Wildman–Crippen MR) is 99.6 cm³/mol. The molecule has 0 bridgehead atoms. The lowest BCUT2D eigenvalue weighted by molar-refractivity contribution is 0.102. The number of aromatic nitrogens is 1. The molecule has 1 heterocycles. The second-order valence-corrected chi connectivity index (χ2v) is 5.94. The second-order valence-electron chi connectivity index (χ2n) is 5.94. The molecule has 0 saturated carbocycles. The predicted octanol–water partition coefficient (Wildman–Crippen LogP) is 4.92. The molecule has 0 aliphatic rings. The molecule has 1 N–H and O–H groups in total. The number of fused-ring (bicyclic) bond motifs is 1. The highest BCUT2D eigenvalue weighted by atomic mass is 16.1. The van der Waals surface area contributed by atoms with Crippen LogP contribution < -0.4 is 5.32 Å². The smallest absolute Gasteiger partial charge is 0.256 e. The third kappa shape index (κ3) is 3.02. The number of carbonyl (C=O) groups is 1. The topological polar surface area (TPSA) is 42.0 Å². The molecule has 0 unspecified atom stereocenters. The number of para-hydroxylation sites is 2. The summed E-state index contributed by atoms with van der Waals surface area (Å²) in [6, 6.07) is 15.8. The molecular weight excluding hydrogens is 296 g/mol. The normalized spacial score (nSPS) is 10.8. The first kappa shape index (κ1) is 16.2. The van der Waals surface area contributed by atoms with Gasteiger partial charge in [-0.15, -0.1) is 0 Å². The third-order valence-electron chi connectivity index (χ3n) is 4.33. The van der Waals surface area contributed by atoms with E-state index < -0.39 is 0 Å². The summed E-state index contributed by atoms with van der Waals surface area (Å²) >= 11 is 0. The van der Waals surface area contributed by atoms with Gasteiger partial charge in [-0.05, 0) is 43.0 Å². The van der Waals surface area contributed by atoms with Crippen LogP contribution in [0.5, 0.6) is 0 Å². The van der Waals surface area contributed by atoms with Crippen molar-refractivity contribution in [1.29, 1.82) is 0 Å². The number of nitrogens with zero attached hydrogens (tertiary/aromatic N) is 1. The summed E-state index contributed by atoms with van der Waals surface area (Å²) in [5.74, 6) is -0.0766. The first-order valence-electron chi connectivity index (χ1n) is 8.42. The maximum Gasteiger partial charge on any atom is 0.256 e. The number of rotatable bonds is 4. The van der Waals surface area contributed by atoms with Gasteiger partial charge in [0, 0.05) is 16.8 Å². The van der Waals surface area contributed by atoms with Gasteiger partial charge in [0.05, 0.1) is 11.1 Å². The quantitative estimate of drug-likeness (QED) is 0.742. The Hall–Kier alpha value is -2.68. The maximum absolute atomic E-state index is 13.0. The monoisotopic (exact) mass is 318 g/mol. The van der Waals surface area contributed by atoms with Crippen LogP contribution >= 0.6 is 0 Å². The van der Waals surface area contributed by atoms with Crippen molar-refractivity contribution in [3.05, 3.63) is 70.9 Å². The van der Waals surface area contributed by atoms with Crippen LogP contribution in [0.25, 0.3) is 10.9 Å². The summed E-state index contributed by atoms with van der Waals surface area (Å²) in [5.41, 5.74) is 5.65. The van der Waals surface area contributed by atoms with E-state index in [4.69, 9.17) is 0 Å². The fraction of sp³-hybridized carbons (Fsp3) is 0.238. The van der Waals surface area contributed by atoms with Gasteiger partial charge in [0.1, 0.15) is 0 Å². The number of hydrogen-bond donors (Lipinski definition) is 1. The number of carbonyl (C=O) groups excluding carboxylic acids is 1. The highest BCUT2D eigenvalue weighted by Gasteiger charge is 2.15. The molecule has 0 spiro atoms. The largest absolute Gasteiger partial charge is 0.321 e. The molecule has 3 aromatic rings. The molecule has 3 rings (SSSR count). The SMILES string of the molecule is CCc1cccc(CC)c1NC(=O)c1cc(C)nc2ccccc12. The van der Waals surface area contributed by atoms with Crippen LogP contribution in [0.2, 0.25) is 0 Å². The average molecular weight is 318 g/mol. The van der Waals surface area contributed by atoms with Crippen LogP contribution in [0.15, 0.2) is 48.5 Å². The number of benzene rings is 2. The van der Waals surface area contributed by atoms with Crippen molar-refractivity contribution < 1.29 is 4.79 Å². The Bertz CT molecular complexity index is 877. The van der Waals surface area contributed by atoms with Crippen LogP contribution in [0.4, 0.5) is 5.69 Å².